The van der Waals surface area contributed by atoms with Crippen molar-refractivity contribution in [3.8, 4) is 0 Å². The molecule has 0 spiro atoms. The average Bonchev–Trinajstić information content (AvgIpc) is 3.03. The minimum atomic E-state index is -2.98. The third-order valence-corrected chi connectivity index (χ3v) is 12.8. The van der Waals surface area contributed by atoms with Crippen molar-refractivity contribution in [1.82, 2.24) is 0 Å². The molecule has 0 aliphatic carbocycles. The maximum atomic E-state index is 13.5. The molecule has 0 heterocycles. The fraction of sp³-hybridized carbons (Fsp3) is 0.902. The first-order valence-electron chi connectivity index (χ1n) is 20.3. The molecule has 0 radical (unpaired) electrons. The van der Waals surface area contributed by atoms with Crippen molar-refractivity contribution in [1.29, 1.82) is 0 Å². The molecule has 0 unspecified atom stereocenters. The Hall–Kier alpha value is 0.790. The summed E-state index contributed by atoms with van der Waals surface area (Å²) in [6.07, 6.45) is 47.4. The number of rotatable bonds is 37. The van der Waals surface area contributed by atoms with E-state index in [1.165, 1.54) is 154 Å². The van der Waals surface area contributed by atoms with Crippen LogP contribution in [0, 0.1) is 0 Å². The first-order chi connectivity index (χ1) is 22.3. The van der Waals surface area contributed by atoms with Gasteiger partial charge in [-0.3, -0.25) is 4.57 Å². The van der Waals surface area contributed by atoms with Crippen molar-refractivity contribution in [2.45, 2.75) is 194 Å². The SMILES string of the molecule is CCCCCCCC/C=C/CCCCCCCCOP(=O)(CC[P+](C)(C)C)OCCCCCCCC/C=C/CCCCCCCC.[I-]. The molecule has 0 atom stereocenters. The molecule has 47 heavy (non-hydrogen) atoms. The zero-order valence-corrected chi connectivity index (χ0v) is 36.4. The number of hydrogen-bond donors (Lipinski definition) is 0. The molecule has 0 aliphatic heterocycles. The van der Waals surface area contributed by atoms with Crippen LogP contribution >= 0.6 is 14.9 Å². The second-order valence-corrected chi connectivity index (χ2v) is 22.1. The minimum absolute atomic E-state index is 0. The fourth-order valence-electron chi connectivity index (χ4n) is 5.70. The Balaban J connectivity index is 0. The van der Waals surface area contributed by atoms with E-state index in [2.05, 4.69) is 58.1 Å². The van der Waals surface area contributed by atoms with Gasteiger partial charge in [0.05, 0.1) is 25.5 Å². The molecule has 0 aliphatic rings. The fourth-order valence-corrected chi connectivity index (χ4v) is 10.2. The van der Waals surface area contributed by atoms with Crippen LogP contribution in [0.15, 0.2) is 24.3 Å². The molecule has 6 heteroatoms. The van der Waals surface area contributed by atoms with Gasteiger partial charge >= 0.3 is 7.60 Å². The lowest BCUT2D eigenvalue weighted by molar-refractivity contribution is -0.0000149. The van der Waals surface area contributed by atoms with Gasteiger partial charge in [0.25, 0.3) is 0 Å². The standard InChI is InChI=1S/C41H83O3P2.HI/c1-6-8-10-12-14-16-18-20-22-24-26-28-30-32-34-36-38-43-46(42,41-40-45(3,4)5)44-39-37-35-33-31-29-27-25-23-21-19-17-15-13-11-9-7-2;/h20-23H,6-19,24-41H2,1-5H3;1H/q+1;/p-1/b22-20+,23-21+;. The van der Waals surface area contributed by atoms with E-state index in [0.29, 0.717) is 19.4 Å². The van der Waals surface area contributed by atoms with Gasteiger partial charge in [0, 0.05) is 27.3 Å². The molecule has 0 saturated carbocycles. The topological polar surface area (TPSA) is 35.5 Å². The Labute approximate surface area is 314 Å². The highest BCUT2D eigenvalue weighted by molar-refractivity contribution is 7.74. The van der Waals surface area contributed by atoms with Crippen LogP contribution in [0.2, 0.25) is 0 Å². The van der Waals surface area contributed by atoms with Crippen molar-refractivity contribution >= 4 is 14.9 Å². The van der Waals surface area contributed by atoms with Gasteiger partial charge in [-0.25, -0.2) is 0 Å². The van der Waals surface area contributed by atoms with E-state index in [9.17, 15) is 4.57 Å². The van der Waals surface area contributed by atoms with E-state index in [0.717, 1.165) is 31.8 Å². The molecule has 0 saturated heterocycles. The summed E-state index contributed by atoms with van der Waals surface area (Å²) in [6, 6.07) is 0. The number of unbranched alkanes of at least 4 members (excludes halogenated alkanes) is 24. The molecule has 0 amide bonds. The Kier molecular flexibility index (Phi) is 40.4. The van der Waals surface area contributed by atoms with Gasteiger partial charge in [-0.2, -0.15) is 0 Å². The van der Waals surface area contributed by atoms with Crippen LogP contribution in [0.4, 0.5) is 0 Å². The molecule has 0 fully saturated rings. The van der Waals surface area contributed by atoms with E-state index in [4.69, 9.17) is 9.05 Å². The van der Waals surface area contributed by atoms with Crippen LogP contribution in [0.3, 0.4) is 0 Å². The van der Waals surface area contributed by atoms with E-state index >= 15 is 0 Å². The molecule has 0 aromatic heterocycles. The average molecular weight is 813 g/mol. The molecule has 282 valence electrons. The van der Waals surface area contributed by atoms with Crippen LogP contribution in [0.25, 0.3) is 0 Å². The number of allylic oxidation sites excluding steroid dienone is 4. The van der Waals surface area contributed by atoms with E-state index in [1.807, 2.05) is 0 Å². The van der Waals surface area contributed by atoms with Gasteiger partial charge in [0.15, 0.2) is 0 Å². The Bertz CT molecular complexity index is 672. The Morgan fingerprint density at radius 3 is 1.02 bits per heavy atom. The highest BCUT2D eigenvalue weighted by Crippen LogP contribution is 2.55. The van der Waals surface area contributed by atoms with E-state index < -0.39 is 14.9 Å². The quantitative estimate of drug-likeness (QED) is 0.0271. The van der Waals surface area contributed by atoms with Crippen molar-refractivity contribution in [3.63, 3.8) is 0 Å². The van der Waals surface area contributed by atoms with Gasteiger partial charge in [-0.05, 0) is 64.2 Å². The first-order valence-corrected chi connectivity index (χ1v) is 25.4. The number of hydrogen-bond acceptors (Lipinski definition) is 3. The van der Waals surface area contributed by atoms with Crippen LogP contribution in [0.1, 0.15) is 194 Å². The normalized spacial score (nSPS) is 12.4. The predicted octanol–water partition coefficient (Wildman–Crippen LogP) is 12.2. The van der Waals surface area contributed by atoms with E-state index in [1.54, 1.807) is 0 Å². The van der Waals surface area contributed by atoms with Crippen LogP contribution in [-0.4, -0.2) is 45.5 Å². The zero-order chi connectivity index (χ0) is 33.9. The van der Waals surface area contributed by atoms with Crippen molar-refractivity contribution < 1.29 is 37.6 Å². The maximum absolute atomic E-state index is 13.5. The summed E-state index contributed by atoms with van der Waals surface area (Å²) in [7, 11) is -3.99. The van der Waals surface area contributed by atoms with Gasteiger partial charge < -0.3 is 33.0 Å². The molecular formula is C41H83IO3P2. The summed E-state index contributed by atoms with van der Waals surface area (Å²) in [6.45, 7) is 12.7. The molecule has 0 bridgehead atoms. The molecule has 0 N–H and O–H groups in total. The lowest BCUT2D eigenvalue weighted by Gasteiger charge is -2.20. The lowest BCUT2D eigenvalue weighted by Crippen LogP contribution is -3.00. The second kappa shape index (κ2) is 38.0. The van der Waals surface area contributed by atoms with Gasteiger partial charge in [0.2, 0.25) is 0 Å². The largest absolute Gasteiger partial charge is 1.00 e. The van der Waals surface area contributed by atoms with Crippen molar-refractivity contribution in [3.05, 3.63) is 24.3 Å². The smallest absolute Gasteiger partial charge is 0.334 e. The highest BCUT2D eigenvalue weighted by atomic mass is 127. The lowest BCUT2D eigenvalue weighted by atomic mass is 10.1. The summed E-state index contributed by atoms with van der Waals surface area (Å²) < 4.78 is 25.6. The van der Waals surface area contributed by atoms with Crippen molar-refractivity contribution in [2.24, 2.45) is 0 Å². The van der Waals surface area contributed by atoms with Crippen LogP contribution < -0.4 is 24.0 Å². The Morgan fingerprint density at radius 1 is 0.447 bits per heavy atom. The van der Waals surface area contributed by atoms with Crippen molar-refractivity contribution in [2.75, 3.05) is 45.5 Å². The Morgan fingerprint density at radius 2 is 0.723 bits per heavy atom. The molecule has 0 aromatic carbocycles. The first kappa shape index (κ1) is 49.9. The highest BCUT2D eigenvalue weighted by Gasteiger charge is 2.30. The minimum Gasteiger partial charge on any atom is -1.00 e. The monoisotopic (exact) mass is 812 g/mol. The second-order valence-electron chi connectivity index (χ2n) is 14.9. The summed E-state index contributed by atoms with van der Waals surface area (Å²) in [5, 5.41) is 0. The van der Waals surface area contributed by atoms with Gasteiger partial charge in [-0.1, -0.05) is 154 Å². The molecule has 0 aromatic rings. The van der Waals surface area contributed by atoms with Crippen LogP contribution in [-0.2, 0) is 13.6 Å². The third-order valence-electron chi connectivity index (χ3n) is 8.93. The van der Waals surface area contributed by atoms with Gasteiger partial charge in [-0.15, -0.1) is 0 Å². The zero-order valence-electron chi connectivity index (χ0n) is 32.4. The molecule has 3 nitrogen and oxygen atoms in total. The summed E-state index contributed by atoms with van der Waals surface area (Å²) >= 11 is 0. The summed E-state index contributed by atoms with van der Waals surface area (Å²) in [5.41, 5.74) is 0. The van der Waals surface area contributed by atoms with Crippen LogP contribution in [0.5, 0.6) is 0 Å². The maximum Gasteiger partial charge on any atom is 0.334 e. The molecular weight excluding hydrogens is 729 g/mol. The van der Waals surface area contributed by atoms with E-state index in [-0.39, 0.29) is 24.0 Å². The third kappa shape index (κ3) is 41.1. The van der Waals surface area contributed by atoms with Gasteiger partial charge in [0.1, 0.15) is 0 Å². The molecule has 0 rings (SSSR count). The summed E-state index contributed by atoms with van der Waals surface area (Å²) in [4.78, 5) is 0. The number of halogens is 1. The predicted molar refractivity (Wildman–Crippen MR) is 213 cm³/mol. The summed E-state index contributed by atoms with van der Waals surface area (Å²) in [5.74, 6) is 0.